The zero-order valence-electron chi connectivity index (χ0n) is 7.39. The van der Waals surface area contributed by atoms with Gasteiger partial charge in [-0.2, -0.15) is 0 Å². The van der Waals surface area contributed by atoms with Crippen LogP contribution in [0.25, 0.3) is 12.7 Å². The Bertz CT molecular complexity index is 412. The lowest BCUT2D eigenvalue weighted by molar-refractivity contribution is 0.684. The summed E-state index contributed by atoms with van der Waals surface area (Å²) in [6.07, 6.45) is 1.38. The molecule has 12 heavy (non-hydrogen) atoms. The fraction of sp³-hybridized carbons (Fsp3) is 0.200. The maximum absolute atomic E-state index is 12.4. The number of aryl methyl sites for hydroxylation is 1. The molecule has 0 unspecified atom stereocenters. The van der Waals surface area contributed by atoms with E-state index < -0.39 is 5.83 Å². The van der Waals surface area contributed by atoms with Crippen molar-refractivity contribution in [2.24, 2.45) is 7.05 Å². The third kappa shape index (κ3) is 1.47. The van der Waals surface area contributed by atoms with Crippen LogP contribution in [0.15, 0.2) is 18.5 Å². The average Bonchev–Trinajstić information content (AvgIpc) is 2.17. The molecule has 0 aliphatic carbocycles. The van der Waals surface area contributed by atoms with Gasteiger partial charge in [0.15, 0.2) is 0 Å². The first-order valence-corrected chi connectivity index (χ1v) is 3.70. The highest BCUT2D eigenvalue weighted by atomic mass is 19.1. The Labute approximate surface area is 71.1 Å². The van der Waals surface area contributed by atoms with E-state index in [9.17, 15) is 4.39 Å². The van der Waals surface area contributed by atoms with Gasteiger partial charge in [0.1, 0.15) is 5.83 Å². The third-order valence-electron chi connectivity index (χ3n) is 1.94. The van der Waals surface area contributed by atoms with Crippen molar-refractivity contribution >= 4 is 12.7 Å². The summed E-state index contributed by atoms with van der Waals surface area (Å²) >= 11 is 0. The summed E-state index contributed by atoms with van der Waals surface area (Å²) in [5.41, 5.74) is 1.06. The molecule has 1 heterocycles. The van der Waals surface area contributed by atoms with Gasteiger partial charge in [-0.3, -0.25) is 0 Å². The zero-order chi connectivity index (χ0) is 9.30. The highest BCUT2D eigenvalue weighted by Crippen LogP contribution is 1.91. The molecule has 2 heteroatoms. The maximum Gasteiger partial charge on any atom is 0.116 e. The van der Waals surface area contributed by atoms with Crippen LogP contribution in [-0.2, 0) is 7.05 Å². The Kier molecular flexibility index (Phi) is 2.18. The summed E-state index contributed by atoms with van der Waals surface area (Å²) in [6, 6.07) is 1.88. The van der Waals surface area contributed by atoms with Crippen LogP contribution in [0.2, 0.25) is 0 Å². The number of halogens is 1. The van der Waals surface area contributed by atoms with Crippen LogP contribution >= 0.6 is 0 Å². The molecule has 1 aromatic heterocycles. The molecular formula is C10H12FN. The molecule has 0 aromatic carbocycles. The van der Waals surface area contributed by atoms with E-state index in [1.165, 1.54) is 6.08 Å². The molecule has 0 saturated carbocycles. The quantitative estimate of drug-likeness (QED) is 0.585. The SMILES string of the molecule is C=C(F)/C=c1/cc(C)n(C)c1=C. The number of aromatic nitrogens is 1. The summed E-state index contributed by atoms with van der Waals surface area (Å²) in [5.74, 6) is -0.439. The molecule has 1 rings (SSSR count). The largest absolute Gasteiger partial charge is 0.348 e. The van der Waals surface area contributed by atoms with Gasteiger partial charge in [0.05, 0.1) is 0 Å². The Morgan fingerprint density at radius 1 is 1.67 bits per heavy atom. The molecule has 0 fully saturated rings. The number of rotatable bonds is 1. The van der Waals surface area contributed by atoms with Crippen molar-refractivity contribution in [3.63, 3.8) is 0 Å². The van der Waals surface area contributed by atoms with Crippen LogP contribution in [-0.4, -0.2) is 4.57 Å². The van der Waals surface area contributed by atoms with Gasteiger partial charge in [-0.1, -0.05) is 13.2 Å². The molecule has 1 nitrogen and oxygen atoms in total. The maximum atomic E-state index is 12.4. The second kappa shape index (κ2) is 2.97. The van der Waals surface area contributed by atoms with Crippen molar-refractivity contribution < 1.29 is 4.39 Å². The fourth-order valence-electron chi connectivity index (χ4n) is 1.11. The van der Waals surface area contributed by atoms with Crippen LogP contribution in [0.3, 0.4) is 0 Å². The van der Waals surface area contributed by atoms with Crippen LogP contribution < -0.4 is 10.6 Å². The first kappa shape index (κ1) is 8.78. The summed E-state index contributed by atoms with van der Waals surface area (Å²) in [7, 11) is 1.90. The molecule has 0 amide bonds. The van der Waals surface area contributed by atoms with Gasteiger partial charge in [0, 0.05) is 23.3 Å². The standard InChI is InChI=1S/C10H12FN/c1-7(11)5-10-6-8(2)12(4)9(10)3/h5-6H,1,3H2,2,4H3/b10-5-. The molecule has 64 valence electrons. The van der Waals surface area contributed by atoms with Crippen molar-refractivity contribution in [1.82, 2.24) is 4.57 Å². The van der Waals surface area contributed by atoms with Crippen molar-refractivity contribution in [3.8, 4) is 0 Å². The first-order valence-electron chi connectivity index (χ1n) is 3.70. The van der Waals surface area contributed by atoms with Gasteiger partial charge < -0.3 is 4.57 Å². The zero-order valence-corrected chi connectivity index (χ0v) is 7.39. The minimum absolute atomic E-state index is 0.439. The molecule has 0 spiro atoms. The predicted molar refractivity (Wildman–Crippen MR) is 49.6 cm³/mol. The summed E-state index contributed by atoms with van der Waals surface area (Å²) in [6.45, 7) is 8.94. The molecule has 0 bridgehead atoms. The fourth-order valence-corrected chi connectivity index (χ4v) is 1.11. The molecule has 0 radical (unpaired) electrons. The number of allylic oxidation sites excluding steroid dienone is 1. The Morgan fingerprint density at radius 3 is 2.58 bits per heavy atom. The van der Waals surface area contributed by atoms with Crippen molar-refractivity contribution in [2.75, 3.05) is 0 Å². The van der Waals surface area contributed by atoms with Gasteiger partial charge >= 0.3 is 0 Å². The second-order valence-electron chi connectivity index (χ2n) is 2.84. The van der Waals surface area contributed by atoms with Gasteiger partial charge in [0.25, 0.3) is 0 Å². The molecule has 0 aliphatic heterocycles. The third-order valence-corrected chi connectivity index (χ3v) is 1.94. The highest BCUT2D eigenvalue weighted by Gasteiger charge is 1.94. The Hall–Kier alpha value is -1.31. The van der Waals surface area contributed by atoms with E-state index >= 15 is 0 Å². The lowest BCUT2D eigenvalue weighted by Gasteiger charge is -1.92. The molecular weight excluding hydrogens is 153 g/mol. The number of nitrogens with zero attached hydrogens (tertiary/aromatic N) is 1. The number of hydrogen-bond donors (Lipinski definition) is 0. The molecule has 0 atom stereocenters. The van der Waals surface area contributed by atoms with Gasteiger partial charge in [0.2, 0.25) is 0 Å². The van der Waals surface area contributed by atoms with Gasteiger partial charge in [-0.25, -0.2) is 4.39 Å². The van der Waals surface area contributed by atoms with Crippen molar-refractivity contribution in [1.29, 1.82) is 0 Å². The van der Waals surface area contributed by atoms with Crippen LogP contribution in [0, 0.1) is 6.92 Å². The highest BCUT2D eigenvalue weighted by molar-refractivity contribution is 5.41. The minimum Gasteiger partial charge on any atom is -0.348 e. The van der Waals surface area contributed by atoms with E-state index in [-0.39, 0.29) is 0 Å². The lowest BCUT2D eigenvalue weighted by atomic mass is 10.3. The van der Waals surface area contributed by atoms with E-state index in [0.29, 0.717) is 0 Å². The van der Waals surface area contributed by atoms with Gasteiger partial charge in [-0.15, -0.1) is 0 Å². The van der Waals surface area contributed by atoms with E-state index in [0.717, 1.165) is 16.3 Å². The summed E-state index contributed by atoms with van der Waals surface area (Å²) in [5, 5.41) is 1.61. The van der Waals surface area contributed by atoms with Gasteiger partial charge in [-0.05, 0) is 19.1 Å². The Balaban J connectivity index is 3.47. The molecule has 1 aromatic rings. The summed E-state index contributed by atoms with van der Waals surface area (Å²) < 4.78 is 14.3. The normalized spacial score (nSPS) is 12.1. The second-order valence-corrected chi connectivity index (χ2v) is 2.84. The Morgan fingerprint density at radius 2 is 2.25 bits per heavy atom. The van der Waals surface area contributed by atoms with E-state index in [2.05, 4.69) is 13.2 Å². The molecule has 0 aliphatic rings. The van der Waals surface area contributed by atoms with Crippen molar-refractivity contribution in [3.05, 3.63) is 34.7 Å². The first-order chi connectivity index (χ1) is 5.52. The molecule has 0 saturated heterocycles. The van der Waals surface area contributed by atoms with Crippen LogP contribution in [0.5, 0.6) is 0 Å². The lowest BCUT2D eigenvalue weighted by Crippen LogP contribution is -2.25. The summed E-state index contributed by atoms with van der Waals surface area (Å²) in [4.78, 5) is 0. The van der Waals surface area contributed by atoms with Crippen LogP contribution in [0.4, 0.5) is 4.39 Å². The molecule has 0 N–H and O–H groups in total. The predicted octanol–water partition coefficient (Wildman–Crippen LogP) is 1.01. The smallest absolute Gasteiger partial charge is 0.116 e. The minimum atomic E-state index is -0.439. The van der Waals surface area contributed by atoms with E-state index in [1.54, 1.807) is 0 Å². The van der Waals surface area contributed by atoms with Crippen molar-refractivity contribution in [2.45, 2.75) is 6.92 Å². The average molecular weight is 165 g/mol. The van der Waals surface area contributed by atoms with E-state index in [1.807, 2.05) is 24.6 Å². The monoisotopic (exact) mass is 165 g/mol. The topological polar surface area (TPSA) is 4.93 Å². The number of hydrogen-bond acceptors (Lipinski definition) is 0. The van der Waals surface area contributed by atoms with E-state index in [4.69, 9.17) is 0 Å². The van der Waals surface area contributed by atoms with Crippen LogP contribution in [0.1, 0.15) is 5.69 Å².